The molecule has 0 saturated carbocycles. The molecule has 10 heteroatoms. The molecule has 0 bridgehead atoms. The van der Waals surface area contributed by atoms with Gasteiger partial charge in [-0.25, -0.2) is 0 Å². The fourth-order valence-electron chi connectivity index (χ4n) is 3.11. The summed E-state index contributed by atoms with van der Waals surface area (Å²) in [5.41, 5.74) is -0.592. The van der Waals surface area contributed by atoms with Crippen molar-refractivity contribution in [3.05, 3.63) is 99.9 Å². The molecule has 4 rings (SSSR count). The normalized spacial score (nSPS) is 14.9. The van der Waals surface area contributed by atoms with Crippen LogP contribution in [0.2, 0.25) is 0 Å². The number of thiocarbonyl (C=S) groups is 1. The van der Waals surface area contributed by atoms with E-state index in [1.165, 1.54) is 6.07 Å². The molecular formula is C23H14FN3O5S. The van der Waals surface area contributed by atoms with Gasteiger partial charge in [-0.3, -0.25) is 29.9 Å². The standard InChI is InChI=1S/C23H14FN3O5S/c24-19-11-6-14(13-20(19)27(30)31)12-18-21(28)25-23(33)26(22(18)29)15-7-9-17(10-8-15)32-16-4-2-1-3-5-16/h1-13H,(H,25,28,33)/b18-12+. The van der Waals surface area contributed by atoms with E-state index in [-0.39, 0.29) is 16.2 Å². The molecule has 0 aliphatic carbocycles. The molecule has 3 aromatic carbocycles. The quantitative estimate of drug-likeness (QED) is 0.198. The lowest BCUT2D eigenvalue weighted by atomic mass is 10.1. The maximum absolute atomic E-state index is 13.6. The van der Waals surface area contributed by atoms with Crippen molar-refractivity contribution in [3.63, 3.8) is 0 Å². The Bertz CT molecular complexity index is 1310. The van der Waals surface area contributed by atoms with Crippen molar-refractivity contribution in [1.82, 2.24) is 5.32 Å². The number of para-hydroxylation sites is 1. The highest BCUT2D eigenvalue weighted by Gasteiger charge is 2.34. The third-order valence-corrected chi connectivity index (χ3v) is 4.94. The van der Waals surface area contributed by atoms with Crippen molar-refractivity contribution < 1.29 is 23.6 Å². The highest BCUT2D eigenvalue weighted by Crippen LogP contribution is 2.27. The second-order valence-corrected chi connectivity index (χ2v) is 7.22. The van der Waals surface area contributed by atoms with E-state index in [9.17, 15) is 24.1 Å². The summed E-state index contributed by atoms with van der Waals surface area (Å²) in [5, 5.41) is 13.3. The number of anilines is 1. The van der Waals surface area contributed by atoms with Gasteiger partial charge in [0, 0.05) is 6.07 Å². The minimum Gasteiger partial charge on any atom is -0.457 e. The predicted molar refractivity (Wildman–Crippen MR) is 122 cm³/mol. The third kappa shape index (κ3) is 4.60. The number of benzene rings is 3. The fourth-order valence-corrected chi connectivity index (χ4v) is 3.39. The lowest BCUT2D eigenvalue weighted by Crippen LogP contribution is -2.54. The third-order valence-electron chi connectivity index (χ3n) is 4.65. The Morgan fingerprint density at radius 3 is 2.33 bits per heavy atom. The van der Waals surface area contributed by atoms with Gasteiger partial charge in [0.25, 0.3) is 11.8 Å². The van der Waals surface area contributed by atoms with Crippen LogP contribution in [0.4, 0.5) is 15.8 Å². The Morgan fingerprint density at radius 2 is 1.67 bits per heavy atom. The fraction of sp³-hybridized carbons (Fsp3) is 0. The summed E-state index contributed by atoms with van der Waals surface area (Å²) in [5.74, 6) is -1.36. The molecule has 1 N–H and O–H groups in total. The van der Waals surface area contributed by atoms with Crippen LogP contribution in [0.3, 0.4) is 0 Å². The van der Waals surface area contributed by atoms with Crippen molar-refractivity contribution >= 4 is 46.6 Å². The molecule has 1 aliphatic rings. The van der Waals surface area contributed by atoms with Gasteiger partial charge in [-0.15, -0.1) is 0 Å². The zero-order valence-electron chi connectivity index (χ0n) is 16.7. The van der Waals surface area contributed by atoms with Gasteiger partial charge in [0.05, 0.1) is 10.6 Å². The van der Waals surface area contributed by atoms with Crippen LogP contribution in [0.5, 0.6) is 11.5 Å². The van der Waals surface area contributed by atoms with Gasteiger partial charge >= 0.3 is 5.69 Å². The summed E-state index contributed by atoms with van der Waals surface area (Å²) in [6.45, 7) is 0. The van der Waals surface area contributed by atoms with Crippen molar-refractivity contribution in [3.8, 4) is 11.5 Å². The number of halogens is 1. The van der Waals surface area contributed by atoms with E-state index in [0.29, 0.717) is 17.2 Å². The van der Waals surface area contributed by atoms with E-state index in [1.54, 1.807) is 36.4 Å². The molecule has 0 spiro atoms. The van der Waals surface area contributed by atoms with Crippen molar-refractivity contribution in [2.75, 3.05) is 4.90 Å². The SMILES string of the molecule is O=C1NC(=S)N(c2ccc(Oc3ccccc3)cc2)C(=O)/C1=C/c1ccc(F)c([N+](=O)[O-])c1. The number of carbonyl (C=O) groups is 2. The molecular weight excluding hydrogens is 449 g/mol. The van der Waals surface area contributed by atoms with Crippen LogP contribution in [0.25, 0.3) is 6.08 Å². The summed E-state index contributed by atoms with van der Waals surface area (Å²) >= 11 is 5.17. The molecule has 1 saturated heterocycles. The van der Waals surface area contributed by atoms with Gasteiger partial charge in [-0.05, 0) is 66.3 Å². The number of amides is 2. The Morgan fingerprint density at radius 1 is 1.00 bits per heavy atom. The number of carbonyl (C=O) groups excluding carboxylic acids is 2. The molecule has 3 aromatic rings. The van der Waals surface area contributed by atoms with E-state index in [4.69, 9.17) is 17.0 Å². The maximum Gasteiger partial charge on any atom is 0.305 e. The molecule has 1 heterocycles. The van der Waals surface area contributed by atoms with Crippen molar-refractivity contribution in [1.29, 1.82) is 0 Å². The molecule has 33 heavy (non-hydrogen) atoms. The molecule has 0 unspecified atom stereocenters. The molecule has 8 nitrogen and oxygen atoms in total. The van der Waals surface area contributed by atoms with Crippen LogP contribution in [0.1, 0.15) is 5.56 Å². The molecule has 1 aliphatic heterocycles. The Hall–Kier alpha value is -4.44. The first-order valence-corrected chi connectivity index (χ1v) is 9.92. The second-order valence-electron chi connectivity index (χ2n) is 6.83. The molecule has 0 aromatic heterocycles. The zero-order chi connectivity index (χ0) is 23.5. The van der Waals surface area contributed by atoms with Crippen molar-refractivity contribution in [2.45, 2.75) is 0 Å². The average molecular weight is 463 g/mol. The van der Waals surface area contributed by atoms with Crippen LogP contribution < -0.4 is 15.0 Å². The number of ether oxygens (including phenoxy) is 1. The van der Waals surface area contributed by atoms with E-state index >= 15 is 0 Å². The summed E-state index contributed by atoms with van der Waals surface area (Å²) in [7, 11) is 0. The van der Waals surface area contributed by atoms with E-state index in [1.807, 2.05) is 18.2 Å². The number of nitro groups is 1. The number of nitrogens with zero attached hydrogens (tertiary/aromatic N) is 2. The van der Waals surface area contributed by atoms with Gasteiger partial charge < -0.3 is 4.74 Å². The van der Waals surface area contributed by atoms with Gasteiger partial charge in [0.1, 0.15) is 17.1 Å². The maximum atomic E-state index is 13.6. The topological polar surface area (TPSA) is 102 Å². The van der Waals surface area contributed by atoms with Crippen LogP contribution in [-0.2, 0) is 9.59 Å². The number of nitro benzene ring substituents is 1. The summed E-state index contributed by atoms with van der Waals surface area (Å²) in [4.78, 5) is 36.7. The summed E-state index contributed by atoms with van der Waals surface area (Å²) in [6.07, 6.45) is 1.14. The lowest BCUT2D eigenvalue weighted by Gasteiger charge is -2.29. The van der Waals surface area contributed by atoms with E-state index < -0.39 is 28.2 Å². The number of hydrogen-bond donors (Lipinski definition) is 1. The molecule has 164 valence electrons. The predicted octanol–water partition coefficient (Wildman–Crippen LogP) is 4.36. The van der Waals surface area contributed by atoms with Gasteiger partial charge in [-0.1, -0.05) is 24.3 Å². The first-order valence-electron chi connectivity index (χ1n) is 9.52. The number of rotatable bonds is 5. The lowest BCUT2D eigenvalue weighted by molar-refractivity contribution is -0.387. The first-order chi connectivity index (χ1) is 15.8. The second kappa shape index (κ2) is 8.97. The van der Waals surface area contributed by atoms with Crippen molar-refractivity contribution in [2.24, 2.45) is 0 Å². The molecule has 1 fully saturated rings. The minimum absolute atomic E-state index is 0.112. The Labute approximate surface area is 192 Å². The average Bonchev–Trinajstić information content (AvgIpc) is 2.79. The Balaban J connectivity index is 1.62. The minimum atomic E-state index is -1.03. The molecule has 0 radical (unpaired) electrons. The van der Waals surface area contributed by atoms with Crippen LogP contribution >= 0.6 is 12.2 Å². The first kappa shape index (κ1) is 21.8. The van der Waals surface area contributed by atoms with Crippen LogP contribution in [0, 0.1) is 15.9 Å². The summed E-state index contributed by atoms with van der Waals surface area (Å²) < 4.78 is 19.3. The molecule has 2 amide bonds. The number of nitrogens with one attached hydrogen (secondary N) is 1. The van der Waals surface area contributed by atoms with Gasteiger partial charge in [-0.2, -0.15) is 4.39 Å². The molecule has 0 atom stereocenters. The van der Waals surface area contributed by atoms with Gasteiger partial charge in [0.2, 0.25) is 5.82 Å². The summed E-state index contributed by atoms with van der Waals surface area (Å²) in [6, 6.07) is 18.7. The van der Waals surface area contributed by atoms with Gasteiger partial charge in [0.15, 0.2) is 5.11 Å². The van der Waals surface area contributed by atoms with Crippen LogP contribution in [0.15, 0.2) is 78.4 Å². The van der Waals surface area contributed by atoms with E-state index in [2.05, 4.69) is 5.32 Å². The van der Waals surface area contributed by atoms with Crippen LogP contribution in [-0.4, -0.2) is 21.9 Å². The highest BCUT2D eigenvalue weighted by molar-refractivity contribution is 7.80. The highest BCUT2D eigenvalue weighted by atomic mass is 32.1. The Kier molecular flexibility index (Phi) is 5.92. The number of hydrogen-bond acceptors (Lipinski definition) is 6. The zero-order valence-corrected chi connectivity index (χ0v) is 17.5. The van der Waals surface area contributed by atoms with E-state index in [0.717, 1.165) is 23.1 Å². The smallest absolute Gasteiger partial charge is 0.305 e. The monoisotopic (exact) mass is 463 g/mol. The largest absolute Gasteiger partial charge is 0.457 e.